The third kappa shape index (κ3) is 22.9. The summed E-state index contributed by atoms with van der Waals surface area (Å²) in [4.78, 5) is 147. The lowest BCUT2D eigenvalue weighted by Gasteiger charge is -2.41. The number of esters is 3. The van der Waals surface area contributed by atoms with E-state index < -0.39 is 106 Å². The smallest absolute Gasteiger partial charge is 0.408 e. The van der Waals surface area contributed by atoms with E-state index in [0.29, 0.717) is 24.5 Å². The fourth-order valence-corrected chi connectivity index (χ4v) is 18.8. The first-order chi connectivity index (χ1) is 68.0. The first-order valence-corrected chi connectivity index (χ1v) is 47.3. The summed E-state index contributed by atoms with van der Waals surface area (Å²) in [5.74, 6) is -6.76. The quantitative estimate of drug-likeness (QED) is 0.0335. The Hall–Kier alpha value is -15.3. The zero-order valence-corrected chi connectivity index (χ0v) is 80.4. The lowest BCUT2D eigenvalue weighted by atomic mass is 9.83. The number of carbonyl (C=O) groups excluding carboxylic acids is 7. The van der Waals surface area contributed by atoms with E-state index in [1.807, 2.05) is 260 Å². The van der Waals surface area contributed by atoms with Crippen molar-refractivity contribution in [2.75, 3.05) is 39.8 Å². The first-order valence-electron chi connectivity index (χ1n) is 47.3. The fourth-order valence-electron chi connectivity index (χ4n) is 18.8. The summed E-state index contributed by atoms with van der Waals surface area (Å²) in [5, 5.41) is 27.7. The van der Waals surface area contributed by atoms with Gasteiger partial charge in [-0.1, -0.05) is 262 Å². The number of aromatic nitrogens is 8. The van der Waals surface area contributed by atoms with Crippen LogP contribution in [0.3, 0.4) is 0 Å². The van der Waals surface area contributed by atoms with E-state index in [-0.39, 0.29) is 119 Å². The summed E-state index contributed by atoms with van der Waals surface area (Å²) >= 11 is 0. The highest BCUT2D eigenvalue weighted by Gasteiger charge is 2.50. The van der Waals surface area contributed by atoms with Crippen molar-refractivity contribution in [3.05, 3.63) is 376 Å². The summed E-state index contributed by atoms with van der Waals surface area (Å²) < 4.78 is 73.8. The van der Waals surface area contributed by atoms with Crippen LogP contribution in [-0.2, 0) is 23.9 Å². The monoisotopic (exact) mass is 1940 g/mol. The number of nitrogens with zero attached hydrogens (tertiary/aromatic N) is 12. The maximum Gasteiger partial charge on any atom is 0.408 e. The Bertz CT molecular complexity index is 6540. The van der Waals surface area contributed by atoms with E-state index in [4.69, 9.17) is 35.2 Å². The molecule has 5 aliphatic rings. The first kappa shape index (κ1) is 103. The minimum atomic E-state index is -4.69. The van der Waals surface area contributed by atoms with Crippen molar-refractivity contribution < 1.29 is 75.5 Å². The standard InChI is InChI=1S/C30H33N3O4.C28H32N4O5.C27H30N4O5.C23H20F3N3O3/c1-20(2)32-19-24(26(21-12-6-3-7-13-21)22-14-8-4-9-15-22)33-27(29(32)35)28(25(34)18-31-33)37-30(36)23-16-10-5-11-17-23;1-18(2)31-16-21(23(19-11-7-5-8-12-19)20-13-9-6-10-14-20)32-24(26(31)34)25(22(33)15-30-32)36-17-37-27(35)28(3,4)29;1-17(2)30-15-21(23(19-10-6-4-7-11-19)20-12-8-5-9-13-20)31-24(26(30)33)25(22(32)14-29-31)35-16-36-27(34)18(3)28;1-14(23(24,25)26)28-13-17(29-20(22(28)32)21(31)18(30)12-27-29)19(15-8-4-2-5-9-15)16-10-6-3-7-11-16/h3-4,6-9,12-15,18,20,23-24,26H,5,10-11,16-17,19H2,1-2H3;5-15,18,21,23H,16-17,29H2,1-4H3;4-14,17-18,21,23H,15-16,28H2,1-3H3;2-12,14,17,19,31H,13H2,1H3. The fraction of sp³-hybridized carbons (Fsp3) is 0.343. The number of aromatic hydroxyl groups is 1. The average Bonchev–Trinajstić information content (AvgIpc) is 0.763. The highest BCUT2D eigenvalue weighted by Crippen LogP contribution is 2.47. The lowest BCUT2D eigenvalue weighted by molar-refractivity contribution is -0.174. The number of nitrogens with two attached hydrogens (primary N) is 2. The molecule has 4 aliphatic heterocycles. The molecule has 34 heteroatoms. The molecule has 8 aromatic carbocycles. The van der Waals surface area contributed by atoms with Crippen LogP contribution in [0.2, 0.25) is 0 Å². The number of amides is 4. The van der Waals surface area contributed by atoms with Crippen molar-refractivity contribution >= 4 is 41.5 Å². The van der Waals surface area contributed by atoms with E-state index in [9.17, 15) is 71.0 Å². The zero-order chi connectivity index (χ0) is 102. The van der Waals surface area contributed by atoms with Crippen LogP contribution in [-0.4, -0.2) is 187 Å². The molecule has 1 saturated carbocycles. The molecule has 1 fully saturated rings. The molecule has 12 aromatic rings. The van der Waals surface area contributed by atoms with Crippen molar-refractivity contribution in [1.82, 2.24) is 58.7 Å². The Labute approximate surface area is 818 Å². The second kappa shape index (κ2) is 45.3. The molecule has 142 heavy (non-hydrogen) atoms. The minimum absolute atomic E-state index is 0.0253. The predicted octanol–water partition coefficient (Wildman–Crippen LogP) is 14.5. The van der Waals surface area contributed by atoms with Gasteiger partial charge in [0.25, 0.3) is 23.6 Å². The predicted molar refractivity (Wildman–Crippen MR) is 523 cm³/mol. The molecule has 1 aliphatic carbocycles. The zero-order valence-electron chi connectivity index (χ0n) is 80.4. The van der Waals surface area contributed by atoms with Crippen molar-refractivity contribution in [1.29, 1.82) is 0 Å². The number of ether oxygens (including phenoxy) is 5. The van der Waals surface area contributed by atoms with Gasteiger partial charge in [-0.3, -0.25) is 66.7 Å². The Morgan fingerprint density at radius 1 is 0.380 bits per heavy atom. The third-order valence-corrected chi connectivity index (χ3v) is 26.0. The number of hydrogen-bond donors (Lipinski definition) is 3. The Balaban J connectivity index is 0.000000151. The molecule has 6 unspecified atom stereocenters. The van der Waals surface area contributed by atoms with Gasteiger partial charge in [-0.05, 0) is 127 Å². The molecule has 4 amide bonds. The van der Waals surface area contributed by atoms with Gasteiger partial charge in [-0.15, -0.1) is 0 Å². The van der Waals surface area contributed by atoms with Gasteiger partial charge in [0.1, 0.15) is 17.6 Å². The van der Waals surface area contributed by atoms with E-state index in [1.54, 1.807) is 28.7 Å². The van der Waals surface area contributed by atoms with E-state index in [2.05, 4.69) is 44.7 Å². The maximum absolute atomic E-state index is 13.8. The van der Waals surface area contributed by atoms with Gasteiger partial charge in [-0.25, -0.2) is 4.79 Å². The van der Waals surface area contributed by atoms with Crippen molar-refractivity contribution in [3.63, 3.8) is 0 Å². The van der Waals surface area contributed by atoms with Crippen LogP contribution < -0.4 is 47.4 Å². The molecule has 0 saturated heterocycles. The third-order valence-electron chi connectivity index (χ3n) is 26.0. The van der Waals surface area contributed by atoms with Crippen molar-refractivity contribution in [2.45, 2.75) is 191 Å². The van der Waals surface area contributed by atoms with Gasteiger partial charge in [0.2, 0.25) is 52.5 Å². The molecular weight excluding hydrogens is 1820 g/mol. The summed E-state index contributed by atoms with van der Waals surface area (Å²) in [6, 6.07) is 73.3. The van der Waals surface area contributed by atoms with Crippen LogP contribution in [0.5, 0.6) is 23.0 Å². The van der Waals surface area contributed by atoms with Gasteiger partial charge in [0.15, 0.2) is 28.5 Å². The summed E-state index contributed by atoms with van der Waals surface area (Å²) in [6.07, 6.45) is 4.13. The average molecular weight is 1940 g/mol. The molecule has 4 aromatic heterocycles. The maximum atomic E-state index is 13.8. The van der Waals surface area contributed by atoms with Crippen LogP contribution >= 0.6 is 0 Å². The summed E-state index contributed by atoms with van der Waals surface area (Å²) in [7, 11) is 0. The Morgan fingerprint density at radius 2 is 0.641 bits per heavy atom. The molecule has 31 nitrogen and oxygen atoms in total. The van der Waals surface area contributed by atoms with Crippen LogP contribution in [0.4, 0.5) is 13.2 Å². The molecule has 8 heterocycles. The number of carbonyl (C=O) groups is 7. The molecule has 0 spiro atoms. The number of halogens is 3. The molecule has 5 N–H and O–H groups in total. The van der Waals surface area contributed by atoms with Crippen LogP contribution in [0, 0.1) is 5.92 Å². The van der Waals surface area contributed by atoms with Gasteiger partial charge >= 0.3 is 24.1 Å². The number of fused-ring (bicyclic) bond motifs is 4. The number of rotatable bonds is 26. The van der Waals surface area contributed by atoms with Gasteiger partial charge in [0, 0.05) is 68.0 Å². The van der Waals surface area contributed by atoms with Crippen molar-refractivity contribution in [2.24, 2.45) is 17.4 Å². The largest absolute Gasteiger partial charge is 0.502 e. The number of benzene rings is 8. The van der Waals surface area contributed by atoms with E-state index >= 15 is 0 Å². The molecule has 6 atom stereocenters. The van der Waals surface area contributed by atoms with E-state index in [0.717, 1.165) is 102 Å². The molecule has 0 bridgehead atoms. The second-order valence-corrected chi connectivity index (χ2v) is 37.0. The highest BCUT2D eigenvalue weighted by atomic mass is 19.4. The Morgan fingerprint density at radius 3 is 0.923 bits per heavy atom. The normalized spacial score (nSPS) is 16.8. The lowest BCUT2D eigenvalue weighted by Crippen LogP contribution is -2.54. The molecule has 740 valence electrons. The SMILES string of the molecule is CC(C)N1CC(C(c2ccccc2)c2ccccc2)n2ncc(=O)c(OC(=O)C3CCCCC3)c2C1=O.CC(C)N1CC(C(c2ccccc2)c2ccccc2)n2ncc(=O)c(OCOC(=O)C(C)(C)N)c2C1=O.CC(N)C(=O)OCOc1c2n(ncc1=O)C(C(c1ccccc1)c1ccccc1)CN(C(C)C)C2=O.CC(N1CC(C(c2ccccc2)c2ccccc2)n2ncc(=O)c(O)c2C1=O)C(F)(F)F. The minimum Gasteiger partial charge on any atom is -0.502 e. The molecular formula is C108H115F3N14O17. The van der Waals surface area contributed by atoms with Gasteiger partial charge in [0.05, 0.1) is 54.9 Å². The highest BCUT2D eigenvalue weighted by molar-refractivity contribution is 5.99. The topological polar surface area (TPSA) is 390 Å². The molecule has 0 radical (unpaired) electrons. The Kier molecular flexibility index (Phi) is 32.7. The summed E-state index contributed by atoms with van der Waals surface area (Å²) in [5.41, 5.74) is 14.9. The number of hydrogen-bond acceptors (Lipinski definition) is 23. The second-order valence-electron chi connectivity index (χ2n) is 37.0. The van der Waals surface area contributed by atoms with Crippen LogP contribution in [0.25, 0.3) is 0 Å². The van der Waals surface area contributed by atoms with Crippen LogP contribution in [0.15, 0.2) is 287 Å². The molecule has 17 rings (SSSR count). The van der Waals surface area contributed by atoms with Gasteiger partial charge < -0.3 is 59.9 Å². The summed E-state index contributed by atoms with van der Waals surface area (Å²) in [6.45, 7) is 16.7. The van der Waals surface area contributed by atoms with Gasteiger partial charge in [-0.2, -0.15) is 33.6 Å². The van der Waals surface area contributed by atoms with Crippen molar-refractivity contribution in [3.8, 4) is 23.0 Å². The van der Waals surface area contributed by atoms with Crippen LogP contribution in [0.1, 0.15) is 236 Å². The van der Waals surface area contributed by atoms with E-state index in [1.165, 1.54) is 31.6 Å². The number of alkyl halides is 3.